The number of nitrogens with one attached hydrogen (secondary N) is 2. The van der Waals surface area contributed by atoms with Gasteiger partial charge in [-0.3, -0.25) is 0 Å². The van der Waals surface area contributed by atoms with E-state index in [2.05, 4.69) is 10.6 Å². The number of hydrogen-bond acceptors (Lipinski definition) is 5. The van der Waals surface area contributed by atoms with E-state index in [1.54, 1.807) is 18.2 Å². The molecule has 0 aliphatic carbocycles. The minimum atomic E-state index is -1.41. The van der Waals surface area contributed by atoms with Crippen molar-refractivity contribution in [3.05, 3.63) is 18.2 Å². The fourth-order valence-corrected chi connectivity index (χ4v) is 1.58. The molecule has 0 spiro atoms. The summed E-state index contributed by atoms with van der Waals surface area (Å²) in [6, 6.07) is 2.54. The first kappa shape index (κ1) is 16.6. The standard InChI is InChI=1S/C13H18N2O6/c1-7(16)11(12(17)18)15-13(19)14-8-4-9(20-2)6-10(5-8)21-3/h4-7,11,16H,1-3H3,(H,17,18)(H2,14,15,19)/t7-,11+/m1/s1. The second-order valence-corrected chi connectivity index (χ2v) is 4.26. The molecule has 4 N–H and O–H groups in total. The second-order valence-electron chi connectivity index (χ2n) is 4.26. The molecule has 0 aliphatic rings. The number of rotatable bonds is 6. The van der Waals surface area contributed by atoms with Crippen LogP contribution >= 0.6 is 0 Å². The molecule has 1 rings (SSSR count). The molecule has 1 aromatic carbocycles. The van der Waals surface area contributed by atoms with E-state index in [0.717, 1.165) is 0 Å². The highest BCUT2D eigenvalue weighted by molar-refractivity contribution is 5.92. The number of amides is 2. The van der Waals surface area contributed by atoms with Crippen molar-refractivity contribution in [1.29, 1.82) is 0 Å². The number of hydrogen-bond donors (Lipinski definition) is 4. The number of aliphatic hydroxyl groups excluding tert-OH is 1. The average molecular weight is 298 g/mol. The molecule has 1 aromatic rings. The van der Waals surface area contributed by atoms with Gasteiger partial charge in [-0.1, -0.05) is 0 Å². The molecule has 2 atom stereocenters. The molecule has 0 saturated heterocycles. The van der Waals surface area contributed by atoms with E-state index in [9.17, 15) is 14.7 Å². The molecule has 0 fully saturated rings. The monoisotopic (exact) mass is 298 g/mol. The van der Waals surface area contributed by atoms with Crippen LogP contribution < -0.4 is 20.1 Å². The summed E-state index contributed by atoms with van der Waals surface area (Å²) in [4.78, 5) is 22.6. The highest BCUT2D eigenvalue weighted by atomic mass is 16.5. The lowest BCUT2D eigenvalue weighted by Gasteiger charge is -2.17. The van der Waals surface area contributed by atoms with Gasteiger partial charge in [-0.25, -0.2) is 9.59 Å². The zero-order valence-corrected chi connectivity index (χ0v) is 11.9. The predicted octanol–water partition coefficient (Wildman–Crippen LogP) is 0.659. The molecule has 0 bridgehead atoms. The Kier molecular flexibility index (Phi) is 5.79. The molecule has 8 nitrogen and oxygen atoms in total. The largest absolute Gasteiger partial charge is 0.497 e. The number of carboxylic acids is 1. The third-order valence-corrected chi connectivity index (χ3v) is 2.64. The summed E-state index contributed by atoms with van der Waals surface area (Å²) in [7, 11) is 2.93. The van der Waals surface area contributed by atoms with Gasteiger partial charge < -0.3 is 30.3 Å². The number of anilines is 1. The van der Waals surface area contributed by atoms with Crippen LogP contribution in [0.4, 0.5) is 10.5 Å². The van der Waals surface area contributed by atoms with E-state index in [1.165, 1.54) is 21.1 Å². The van der Waals surface area contributed by atoms with Crippen molar-refractivity contribution in [1.82, 2.24) is 5.32 Å². The molecule has 0 radical (unpaired) electrons. The smallest absolute Gasteiger partial charge is 0.328 e. The second kappa shape index (κ2) is 7.34. The molecule has 0 aromatic heterocycles. The van der Waals surface area contributed by atoms with Gasteiger partial charge in [-0.05, 0) is 6.92 Å². The molecular weight excluding hydrogens is 280 g/mol. The van der Waals surface area contributed by atoms with Crippen LogP contribution in [0, 0.1) is 0 Å². The van der Waals surface area contributed by atoms with E-state index in [1.807, 2.05) is 0 Å². The number of aliphatic carboxylic acids is 1. The molecule has 0 aliphatic heterocycles. The Balaban J connectivity index is 2.80. The van der Waals surface area contributed by atoms with Crippen LogP contribution in [0.3, 0.4) is 0 Å². The molecule has 21 heavy (non-hydrogen) atoms. The number of benzene rings is 1. The number of carboxylic acid groups (broad SMARTS) is 1. The van der Waals surface area contributed by atoms with Crippen molar-refractivity contribution < 1.29 is 29.3 Å². The maximum Gasteiger partial charge on any atom is 0.328 e. The highest BCUT2D eigenvalue weighted by Gasteiger charge is 2.25. The average Bonchev–Trinajstić information content (AvgIpc) is 2.43. The van der Waals surface area contributed by atoms with Gasteiger partial charge in [0.05, 0.1) is 20.3 Å². The van der Waals surface area contributed by atoms with E-state index >= 15 is 0 Å². The topological polar surface area (TPSA) is 117 Å². The van der Waals surface area contributed by atoms with Crippen molar-refractivity contribution >= 4 is 17.7 Å². The van der Waals surface area contributed by atoms with Crippen LogP contribution in [-0.4, -0.2) is 48.6 Å². The summed E-state index contributed by atoms with van der Waals surface area (Å²) < 4.78 is 10.1. The third-order valence-electron chi connectivity index (χ3n) is 2.64. The maximum atomic E-state index is 11.8. The molecule has 8 heteroatoms. The molecule has 0 heterocycles. The van der Waals surface area contributed by atoms with E-state index in [0.29, 0.717) is 17.2 Å². The molecule has 0 saturated carbocycles. The Bertz CT molecular complexity index is 495. The number of carbonyl (C=O) groups excluding carboxylic acids is 1. The lowest BCUT2D eigenvalue weighted by molar-refractivity contribution is -0.141. The van der Waals surface area contributed by atoms with Crippen molar-refractivity contribution in [2.24, 2.45) is 0 Å². The van der Waals surface area contributed by atoms with Crippen LogP contribution in [0.5, 0.6) is 11.5 Å². The number of methoxy groups -OCH3 is 2. The summed E-state index contributed by atoms with van der Waals surface area (Å²) in [6.45, 7) is 1.27. The Morgan fingerprint density at radius 2 is 1.67 bits per heavy atom. The summed E-state index contributed by atoms with van der Waals surface area (Å²) in [5, 5.41) is 22.8. The fourth-order valence-electron chi connectivity index (χ4n) is 1.58. The SMILES string of the molecule is COc1cc(NC(=O)N[C@H](C(=O)O)[C@@H](C)O)cc(OC)c1. The highest BCUT2D eigenvalue weighted by Crippen LogP contribution is 2.25. The summed E-state index contributed by atoms with van der Waals surface area (Å²) in [5.74, 6) is -0.395. The Morgan fingerprint density at radius 3 is 2.05 bits per heavy atom. The van der Waals surface area contributed by atoms with E-state index in [-0.39, 0.29) is 0 Å². The van der Waals surface area contributed by atoms with Gasteiger partial charge in [0.15, 0.2) is 6.04 Å². The normalized spacial score (nSPS) is 13.0. The quantitative estimate of drug-likeness (QED) is 0.613. The lowest BCUT2D eigenvalue weighted by Crippen LogP contribution is -2.49. The van der Waals surface area contributed by atoms with Crippen LogP contribution in [0.15, 0.2) is 18.2 Å². The van der Waals surface area contributed by atoms with Crippen molar-refractivity contribution in [2.75, 3.05) is 19.5 Å². The first-order valence-electron chi connectivity index (χ1n) is 6.08. The van der Waals surface area contributed by atoms with Crippen LogP contribution in [0.25, 0.3) is 0 Å². The van der Waals surface area contributed by atoms with Crippen molar-refractivity contribution in [3.8, 4) is 11.5 Å². The zero-order chi connectivity index (χ0) is 16.0. The first-order valence-corrected chi connectivity index (χ1v) is 6.08. The molecule has 2 amide bonds. The Morgan fingerprint density at radius 1 is 1.14 bits per heavy atom. The summed E-state index contributed by atoms with van der Waals surface area (Å²) >= 11 is 0. The van der Waals surface area contributed by atoms with Crippen LogP contribution in [0.2, 0.25) is 0 Å². The van der Waals surface area contributed by atoms with Gasteiger partial charge in [0.1, 0.15) is 11.5 Å². The Hall–Kier alpha value is -2.48. The minimum Gasteiger partial charge on any atom is -0.497 e. The number of aliphatic hydroxyl groups is 1. The van der Waals surface area contributed by atoms with Crippen molar-refractivity contribution in [2.45, 2.75) is 19.1 Å². The Labute approximate surface area is 121 Å². The predicted molar refractivity (Wildman–Crippen MR) is 74.8 cm³/mol. The molecular formula is C13H18N2O6. The van der Waals surface area contributed by atoms with Crippen LogP contribution in [-0.2, 0) is 4.79 Å². The minimum absolute atomic E-state index is 0.360. The van der Waals surface area contributed by atoms with Gasteiger partial charge in [0.25, 0.3) is 0 Å². The van der Waals surface area contributed by atoms with E-state index in [4.69, 9.17) is 14.6 Å². The lowest BCUT2D eigenvalue weighted by atomic mass is 10.2. The summed E-state index contributed by atoms with van der Waals surface area (Å²) in [5.41, 5.74) is 0.360. The van der Waals surface area contributed by atoms with Crippen molar-refractivity contribution in [3.63, 3.8) is 0 Å². The van der Waals surface area contributed by atoms with Crippen LogP contribution in [0.1, 0.15) is 6.92 Å². The first-order chi connectivity index (χ1) is 9.87. The fraction of sp³-hybridized carbons (Fsp3) is 0.385. The number of urea groups is 1. The zero-order valence-electron chi connectivity index (χ0n) is 11.9. The maximum absolute atomic E-state index is 11.8. The van der Waals surface area contributed by atoms with Gasteiger partial charge in [-0.2, -0.15) is 0 Å². The van der Waals surface area contributed by atoms with E-state index < -0.39 is 24.1 Å². The third kappa shape index (κ3) is 4.84. The molecule has 0 unspecified atom stereocenters. The van der Waals surface area contributed by atoms with Gasteiger partial charge in [-0.15, -0.1) is 0 Å². The van der Waals surface area contributed by atoms with Gasteiger partial charge in [0.2, 0.25) is 0 Å². The molecule has 116 valence electrons. The number of carbonyl (C=O) groups is 2. The van der Waals surface area contributed by atoms with Gasteiger partial charge >= 0.3 is 12.0 Å². The number of ether oxygens (including phenoxy) is 2. The van der Waals surface area contributed by atoms with Gasteiger partial charge in [0, 0.05) is 23.9 Å². The summed E-state index contributed by atoms with van der Waals surface area (Å²) in [6.07, 6.45) is -1.23.